The van der Waals surface area contributed by atoms with Crippen molar-refractivity contribution in [2.24, 2.45) is 16.7 Å². The summed E-state index contributed by atoms with van der Waals surface area (Å²) < 4.78 is 0. The van der Waals surface area contributed by atoms with Gasteiger partial charge in [-0.3, -0.25) is 29.8 Å². The van der Waals surface area contributed by atoms with Crippen LogP contribution in [-0.4, -0.2) is 28.2 Å². The summed E-state index contributed by atoms with van der Waals surface area (Å²) in [4.78, 5) is 44.0. The van der Waals surface area contributed by atoms with Crippen molar-refractivity contribution in [3.63, 3.8) is 0 Å². The van der Waals surface area contributed by atoms with E-state index in [-0.39, 0.29) is 45.0 Å². The fourth-order valence-corrected chi connectivity index (χ4v) is 3.34. The molecule has 2 aliphatic rings. The van der Waals surface area contributed by atoms with Crippen LogP contribution in [0, 0.1) is 16.7 Å². The SMILES string of the molecule is CC(C)(C)C1CCC(=O)NC1=O.CC(C)(C)C1SC(=O)NC1=O. The molecular formula is C16H26N2O4S. The molecule has 2 rings (SSSR count). The Morgan fingerprint density at radius 3 is 1.74 bits per heavy atom. The van der Waals surface area contributed by atoms with Crippen LogP contribution in [0.15, 0.2) is 0 Å². The number of hydrogen-bond acceptors (Lipinski definition) is 5. The predicted molar refractivity (Wildman–Crippen MR) is 89.7 cm³/mol. The standard InChI is InChI=1S/C9H15NO2.C7H11NO2S/c1-9(2,3)6-4-5-7(11)10-8(6)12;1-7(2,3)4-5(9)8-6(10)11-4/h6H,4-5H2,1-3H3,(H,10,11,12);4H,1-3H3,(H,8,9,10). The summed E-state index contributed by atoms with van der Waals surface area (Å²) in [6.45, 7) is 11.9. The topological polar surface area (TPSA) is 92.3 Å². The number of nitrogens with one attached hydrogen (secondary N) is 2. The molecule has 130 valence electrons. The molecule has 0 spiro atoms. The third-order valence-electron chi connectivity index (χ3n) is 3.76. The third-order valence-corrected chi connectivity index (χ3v) is 5.23. The van der Waals surface area contributed by atoms with Crippen LogP contribution in [0.2, 0.25) is 0 Å². The predicted octanol–water partition coefficient (Wildman–Crippen LogP) is 2.47. The van der Waals surface area contributed by atoms with Gasteiger partial charge in [-0.05, 0) is 17.3 Å². The van der Waals surface area contributed by atoms with E-state index in [1.54, 1.807) is 0 Å². The molecule has 2 atom stereocenters. The van der Waals surface area contributed by atoms with E-state index in [2.05, 4.69) is 10.6 Å². The zero-order valence-corrected chi connectivity index (χ0v) is 15.4. The van der Waals surface area contributed by atoms with Crippen molar-refractivity contribution in [3.8, 4) is 0 Å². The molecule has 23 heavy (non-hydrogen) atoms. The second kappa shape index (κ2) is 7.03. The van der Waals surface area contributed by atoms with Gasteiger partial charge in [-0.15, -0.1) is 0 Å². The minimum atomic E-state index is -0.227. The monoisotopic (exact) mass is 342 g/mol. The van der Waals surface area contributed by atoms with E-state index in [4.69, 9.17) is 0 Å². The van der Waals surface area contributed by atoms with E-state index in [9.17, 15) is 19.2 Å². The Balaban J connectivity index is 0.000000231. The molecule has 0 aromatic heterocycles. The Morgan fingerprint density at radius 2 is 1.43 bits per heavy atom. The van der Waals surface area contributed by atoms with Gasteiger partial charge in [-0.25, -0.2) is 0 Å². The number of imide groups is 2. The average Bonchev–Trinajstić information content (AvgIpc) is 2.67. The van der Waals surface area contributed by atoms with Gasteiger partial charge in [0.1, 0.15) is 0 Å². The Morgan fingerprint density at radius 1 is 0.870 bits per heavy atom. The van der Waals surface area contributed by atoms with Crippen molar-refractivity contribution in [2.45, 2.75) is 59.6 Å². The van der Waals surface area contributed by atoms with Crippen LogP contribution in [-0.2, 0) is 14.4 Å². The average molecular weight is 342 g/mol. The van der Waals surface area contributed by atoms with E-state index in [1.807, 2.05) is 41.5 Å². The number of piperidine rings is 1. The number of hydrogen-bond donors (Lipinski definition) is 2. The molecule has 6 nitrogen and oxygen atoms in total. The van der Waals surface area contributed by atoms with Crippen molar-refractivity contribution in [3.05, 3.63) is 0 Å². The minimum absolute atomic E-state index is 0.0183. The molecule has 2 saturated heterocycles. The summed E-state index contributed by atoms with van der Waals surface area (Å²) in [5.74, 6) is -0.429. The molecule has 0 radical (unpaired) electrons. The summed E-state index contributed by atoms with van der Waals surface area (Å²) >= 11 is 1.08. The van der Waals surface area contributed by atoms with Crippen molar-refractivity contribution in [1.82, 2.24) is 10.6 Å². The second-order valence-corrected chi connectivity index (χ2v) is 9.09. The molecule has 2 aliphatic heterocycles. The van der Waals surface area contributed by atoms with Gasteiger partial charge in [0.25, 0.3) is 5.24 Å². The van der Waals surface area contributed by atoms with Crippen LogP contribution in [0.1, 0.15) is 54.4 Å². The number of amides is 4. The van der Waals surface area contributed by atoms with Crippen molar-refractivity contribution in [1.29, 1.82) is 0 Å². The number of thioether (sulfide) groups is 1. The lowest BCUT2D eigenvalue weighted by Gasteiger charge is -2.31. The lowest BCUT2D eigenvalue weighted by Crippen LogP contribution is -2.45. The molecular weight excluding hydrogens is 316 g/mol. The highest BCUT2D eigenvalue weighted by Gasteiger charge is 2.40. The Hall–Kier alpha value is -1.37. The van der Waals surface area contributed by atoms with Crippen molar-refractivity contribution < 1.29 is 19.2 Å². The summed E-state index contributed by atoms with van der Waals surface area (Å²) in [6.07, 6.45) is 1.17. The molecule has 0 aliphatic carbocycles. The van der Waals surface area contributed by atoms with Gasteiger partial charge >= 0.3 is 0 Å². The highest BCUT2D eigenvalue weighted by Crippen LogP contribution is 2.34. The minimum Gasteiger partial charge on any atom is -0.296 e. The lowest BCUT2D eigenvalue weighted by molar-refractivity contribution is -0.139. The molecule has 0 aromatic rings. The van der Waals surface area contributed by atoms with Gasteiger partial charge in [-0.1, -0.05) is 53.3 Å². The quantitative estimate of drug-likeness (QED) is 0.660. The smallest absolute Gasteiger partial charge is 0.286 e. The Kier molecular flexibility index (Phi) is 6.01. The van der Waals surface area contributed by atoms with Crippen LogP contribution < -0.4 is 10.6 Å². The number of carbonyl (C=O) groups is 4. The van der Waals surface area contributed by atoms with Crippen LogP contribution in [0.3, 0.4) is 0 Å². The zero-order valence-electron chi connectivity index (χ0n) is 14.6. The Bertz CT molecular complexity index is 517. The van der Waals surface area contributed by atoms with E-state index in [0.29, 0.717) is 12.8 Å². The number of rotatable bonds is 0. The first kappa shape index (κ1) is 19.7. The van der Waals surface area contributed by atoms with Gasteiger partial charge in [-0.2, -0.15) is 0 Å². The van der Waals surface area contributed by atoms with Crippen LogP contribution in [0.4, 0.5) is 4.79 Å². The zero-order chi connectivity index (χ0) is 18.0. The maximum absolute atomic E-state index is 11.3. The fraction of sp³-hybridized carbons (Fsp3) is 0.750. The summed E-state index contributed by atoms with van der Waals surface area (Å²) in [6, 6.07) is 0. The Labute approximate surface area is 141 Å². The maximum atomic E-state index is 11.3. The largest absolute Gasteiger partial charge is 0.296 e. The van der Waals surface area contributed by atoms with E-state index < -0.39 is 0 Å². The lowest BCUT2D eigenvalue weighted by atomic mass is 9.76. The van der Waals surface area contributed by atoms with Crippen molar-refractivity contribution >= 4 is 34.7 Å². The first-order valence-corrected chi connectivity index (χ1v) is 8.55. The van der Waals surface area contributed by atoms with Crippen LogP contribution in [0.5, 0.6) is 0 Å². The fourth-order valence-electron chi connectivity index (χ4n) is 2.45. The molecule has 7 heteroatoms. The summed E-state index contributed by atoms with van der Waals surface area (Å²) in [7, 11) is 0. The van der Waals surface area contributed by atoms with E-state index >= 15 is 0 Å². The van der Waals surface area contributed by atoms with Gasteiger partial charge < -0.3 is 0 Å². The third kappa shape index (κ3) is 5.64. The number of carbonyl (C=O) groups excluding carboxylic acids is 4. The van der Waals surface area contributed by atoms with Crippen LogP contribution in [0.25, 0.3) is 0 Å². The van der Waals surface area contributed by atoms with Gasteiger partial charge in [0, 0.05) is 12.3 Å². The molecule has 2 N–H and O–H groups in total. The highest BCUT2D eigenvalue weighted by atomic mass is 32.2. The maximum Gasteiger partial charge on any atom is 0.286 e. The molecule has 2 fully saturated rings. The molecule has 0 saturated carbocycles. The van der Waals surface area contributed by atoms with E-state index in [0.717, 1.165) is 11.8 Å². The first-order valence-electron chi connectivity index (χ1n) is 7.67. The summed E-state index contributed by atoms with van der Waals surface area (Å²) in [5.41, 5.74) is -0.175. The second-order valence-electron chi connectivity index (χ2n) is 8.01. The van der Waals surface area contributed by atoms with Crippen molar-refractivity contribution in [2.75, 3.05) is 0 Å². The highest BCUT2D eigenvalue weighted by molar-refractivity contribution is 8.15. The molecule has 0 aromatic carbocycles. The van der Waals surface area contributed by atoms with E-state index in [1.165, 1.54) is 0 Å². The normalized spacial score (nSPS) is 25.5. The van der Waals surface area contributed by atoms with Gasteiger partial charge in [0.05, 0.1) is 5.25 Å². The molecule has 0 bridgehead atoms. The van der Waals surface area contributed by atoms with Gasteiger partial charge in [0.15, 0.2) is 0 Å². The van der Waals surface area contributed by atoms with Gasteiger partial charge in [0.2, 0.25) is 17.7 Å². The molecule has 2 heterocycles. The molecule has 4 amide bonds. The first-order chi connectivity index (χ1) is 10.3. The molecule has 2 unspecified atom stereocenters. The van der Waals surface area contributed by atoms with Crippen LogP contribution >= 0.6 is 11.8 Å². The summed E-state index contributed by atoms with van der Waals surface area (Å²) in [5, 5.41) is 4.16.